The van der Waals surface area contributed by atoms with Gasteiger partial charge in [-0.2, -0.15) is 0 Å². The van der Waals surface area contributed by atoms with Crippen molar-refractivity contribution in [2.75, 3.05) is 25.4 Å². The molecule has 0 aromatic carbocycles. The standard InChI is InChI=1S/C17H23N3O4S.C13H17N3O5S.C9H15ClO3.C8H9N3OS.CH4.I2.Na.H/c1-6-9-11-12(24-17(3,4)23-11)15(22-9)20-7-8(2)10-13(20)18-16(25-5)19-14(10)21;1-5-3-16(12-9(19)8(18)6(4-17)21-12)10-7(5)11(20)15-13(14-10)22-2;1-4-5-6-7(8(10)11-5)13-9(2,3)12-6;1-4-3-9-6-5(4)7(12)11-8(10-6)13-2;;1-2;;/h7,9,11-12,15H,6H2,1-5H3,(H,18,19,21);3,6,8-9,12,17-19H,4H2,1-2H3,(H,14,15,20);5-8H,4H2,1-3H3;3H,1-2H3,(H2,9,10,11,12);1H4;;;/q;;;;;;+1;-1/t9-,11?,12?,15?;6-,8?,9?,12?;5-,6?,7?,8-;;;;;/m111...../s1. The number of nitrogens with zero attached hydrogens (tertiary/aromatic N) is 5. The van der Waals surface area contributed by atoms with Gasteiger partial charge in [0.2, 0.25) is 0 Å². The molecule has 5 saturated heterocycles. The normalized spacial score (nSPS) is 28.2. The Labute approximate surface area is 510 Å². The van der Waals surface area contributed by atoms with Gasteiger partial charge in [0.15, 0.2) is 56.4 Å². The predicted octanol–water partition coefficient (Wildman–Crippen LogP) is 4.63. The van der Waals surface area contributed by atoms with Crippen LogP contribution in [0.2, 0.25) is 0 Å². The van der Waals surface area contributed by atoms with Gasteiger partial charge in [0, 0.05) is 55.8 Å². The molecule has 77 heavy (non-hydrogen) atoms. The Balaban J connectivity index is 0.000000227. The minimum atomic E-state index is -1.22. The first-order valence-corrected chi connectivity index (χ1v) is 34.3. The smallest absolute Gasteiger partial charge is 1.00 e. The third-order valence-electron chi connectivity index (χ3n) is 13.1. The van der Waals surface area contributed by atoms with Gasteiger partial charge in [-0.1, -0.05) is 68.2 Å². The van der Waals surface area contributed by atoms with Gasteiger partial charge in [0.05, 0.1) is 35.0 Å². The van der Waals surface area contributed by atoms with Gasteiger partial charge >= 0.3 is 29.6 Å². The van der Waals surface area contributed by atoms with Gasteiger partial charge < -0.3 is 79.0 Å². The minimum Gasteiger partial charge on any atom is -1.00 e. The molecule has 6 aromatic rings. The second-order valence-electron chi connectivity index (χ2n) is 19.0. The molecule has 8 unspecified atom stereocenters. The minimum absolute atomic E-state index is 0. The van der Waals surface area contributed by atoms with Gasteiger partial charge in [0.1, 0.15) is 48.4 Å². The molecule has 12 atom stereocenters. The van der Waals surface area contributed by atoms with Gasteiger partial charge in [-0.3, -0.25) is 14.4 Å². The fraction of sp³-hybridized carbons (Fsp3) is 0.625. The quantitative estimate of drug-likeness (QED) is 0.0359. The first kappa shape index (κ1) is 66.5. The van der Waals surface area contributed by atoms with E-state index in [4.69, 9.17) is 44.8 Å². The first-order chi connectivity index (χ1) is 35.6. The molecule has 11 heterocycles. The first-order valence-electron chi connectivity index (χ1n) is 23.9. The Bertz CT molecular complexity index is 3150. The number of H-pyrrole nitrogens is 4. The number of aromatic amines is 4. The Hall–Kier alpha value is -1.34. The van der Waals surface area contributed by atoms with Crippen LogP contribution in [0.3, 0.4) is 0 Å². The molecule has 5 aliphatic heterocycles. The van der Waals surface area contributed by atoms with Crippen LogP contribution in [0.1, 0.15) is 92.4 Å². The van der Waals surface area contributed by atoms with E-state index in [1.807, 2.05) is 64.8 Å². The Kier molecular flexibility index (Phi) is 24.0. The van der Waals surface area contributed by atoms with Crippen molar-refractivity contribution < 1.29 is 79.5 Å². The number of thioether (sulfide) groups is 3. The number of aromatic nitrogens is 9. The van der Waals surface area contributed by atoms with Crippen molar-refractivity contribution in [1.82, 2.24) is 44.0 Å². The number of alkyl halides is 1. The van der Waals surface area contributed by atoms with Crippen LogP contribution in [0.25, 0.3) is 33.1 Å². The van der Waals surface area contributed by atoms with Crippen molar-refractivity contribution in [2.45, 2.75) is 183 Å². The van der Waals surface area contributed by atoms with E-state index in [9.17, 15) is 29.7 Å². The average Bonchev–Trinajstić information content (AvgIpc) is 4.27. The van der Waals surface area contributed by atoms with E-state index in [2.05, 4.69) is 86.0 Å². The molecule has 6 aromatic heterocycles. The van der Waals surface area contributed by atoms with E-state index < -0.39 is 42.7 Å². The zero-order chi connectivity index (χ0) is 55.0. The summed E-state index contributed by atoms with van der Waals surface area (Å²) in [7, 11) is 0. The van der Waals surface area contributed by atoms with E-state index in [0.717, 1.165) is 24.0 Å². The maximum absolute atomic E-state index is 12.4. The van der Waals surface area contributed by atoms with Gasteiger partial charge in [-0.15, -0.1) is 0 Å². The molecule has 5 aliphatic rings. The monoisotopic (exact) mass is 1390 g/mol. The van der Waals surface area contributed by atoms with E-state index in [1.54, 1.807) is 25.6 Å². The number of hydrogen-bond acceptors (Lipinski definition) is 19. The summed E-state index contributed by atoms with van der Waals surface area (Å²) in [6, 6.07) is 0. The number of halogens is 3. The fourth-order valence-corrected chi connectivity index (χ4v) is 11.2. The summed E-state index contributed by atoms with van der Waals surface area (Å²) < 4.78 is 44.2. The molecule has 0 aliphatic carbocycles. The summed E-state index contributed by atoms with van der Waals surface area (Å²) in [4.78, 5) is 60.5. The molecule has 0 spiro atoms. The number of rotatable bonds is 8. The van der Waals surface area contributed by atoms with Crippen molar-refractivity contribution in [3.05, 3.63) is 66.3 Å². The molecular weight excluding hydrogens is 1320 g/mol. The molecule has 22 nitrogen and oxygen atoms in total. The van der Waals surface area contributed by atoms with E-state index in [1.165, 1.54) is 39.9 Å². The van der Waals surface area contributed by atoms with Gasteiger partial charge in [-0.05, 0) is 96.8 Å². The molecule has 0 radical (unpaired) electrons. The van der Waals surface area contributed by atoms with Crippen LogP contribution in [0.5, 0.6) is 0 Å². The van der Waals surface area contributed by atoms with Gasteiger partial charge in [0.25, 0.3) is 16.7 Å². The molecule has 424 valence electrons. The summed E-state index contributed by atoms with van der Waals surface area (Å²) in [5.74, 6) is -1.15. The van der Waals surface area contributed by atoms with Crippen molar-refractivity contribution in [3.8, 4) is 0 Å². The number of hydrogen-bond donors (Lipinski definition) is 7. The average molecular weight is 1390 g/mol. The summed E-state index contributed by atoms with van der Waals surface area (Å²) in [5, 5.41) is 32.5. The summed E-state index contributed by atoms with van der Waals surface area (Å²) in [6.45, 7) is 16.9. The number of nitrogens with one attached hydrogen (secondary N) is 4. The molecule has 0 bridgehead atoms. The summed E-state index contributed by atoms with van der Waals surface area (Å²) >= 11 is 14.3. The van der Waals surface area contributed by atoms with E-state index >= 15 is 0 Å². The topological polar surface area (TPSA) is 288 Å². The SMILES string of the molecule is C.CC[C@H]1OC(n2cc(C)c3c(=O)[nH]c(SC)nc32)C2OC(C)(C)OC21.CC[C@H]1O[C@@H](Cl)C2OC(C)(C)OC21.CSc1nc2[nH]cc(C)c2c(=O)[nH]1.CSc1nc2c(c(C)cn2C2O[C@H](CO)C(O)C2O)c(=O)[nH]1.II.[H-].[Na+]. The van der Waals surface area contributed by atoms with Gasteiger partial charge in [-0.25, -0.2) is 15.0 Å². The van der Waals surface area contributed by atoms with Crippen LogP contribution >= 0.6 is 84.1 Å². The Morgan fingerprint density at radius 2 is 1.06 bits per heavy atom. The number of aryl methyl sites for hydroxylation is 3. The van der Waals surface area contributed by atoms with E-state index in [-0.39, 0.29) is 104 Å². The van der Waals surface area contributed by atoms with Crippen LogP contribution in [0.15, 0.2) is 48.4 Å². The zero-order valence-electron chi connectivity index (χ0n) is 45.3. The second-order valence-corrected chi connectivity index (χ2v) is 21.8. The van der Waals surface area contributed by atoms with Crippen LogP contribution in [0, 0.1) is 20.8 Å². The second kappa shape index (κ2) is 27.8. The van der Waals surface area contributed by atoms with Crippen molar-refractivity contribution in [1.29, 1.82) is 0 Å². The molecule has 29 heteroatoms. The Morgan fingerprint density at radius 3 is 1.53 bits per heavy atom. The molecule has 11 rings (SSSR count). The molecule has 0 saturated carbocycles. The van der Waals surface area contributed by atoms with Crippen LogP contribution in [-0.4, -0.2) is 157 Å². The van der Waals surface area contributed by atoms with Crippen LogP contribution < -0.4 is 46.2 Å². The molecule has 0 amide bonds. The number of aliphatic hydroxyl groups excluding tert-OH is 3. The number of fused-ring (bicyclic) bond motifs is 5. The van der Waals surface area contributed by atoms with Crippen LogP contribution in [-0.2, 0) is 33.2 Å². The molecule has 5 fully saturated rings. The third-order valence-corrected chi connectivity index (χ3v) is 15.2. The number of ether oxygens (including phenoxy) is 7. The third kappa shape index (κ3) is 14.0. The number of aliphatic hydroxyl groups is 3. The Morgan fingerprint density at radius 1 is 0.649 bits per heavy atom. The van der Waals surface area contributed by atoms with Crippen molar-refractivity contribution in [2.24, 2.45) is 0 Å². The van der Waals surface area contributed by atoms with Crippen molar-refractivity contribution >= 4 is 117 Å². The maximum atomic E-state index is 12.4. The van der Waals surface area contributed by atoms with Crippen molar-refractivity contribution in [3.63, 3.8) is 0 Å². The summed E-state index contributed by atoms with van der Waals surface area (Å²) in [5.41, 5.74) is 3.31. The molecular formula is C48H69ClI2N9NaO13S3. The fourth-order valence-electron chi connectivity index (χ4n) is 9.76. The summed E-state index contributed by atoms with van der Waals surface area (Å²) in [6.07, 6.45) is 7.66. The zero-order valence-corrected chi connectivity index (χ0v) is 53.8. The largest absolute Gasteiger partial charge is 1.00 e. The van der Waals surface area contributed by atoms with Crippen LogP contribution in [0.4, 0.5) is 0 Å². The molecule has 7 N–H and O–H groups in total. The van der Waals surface area contributed by atoms with E-state index in [0.29, 0.717) is 54.1 Å². The maximum Gasteiger partial charge on any atom is 1.00 e. The predicted molar refractivity (Wildman–Crippen MR) is 313 cm³/mol.